The van der Waals surface area contributed by atoms with Crippen LogP contribution in [0.1, 0.15) is 37.8 Å². The number of anilines is 1. The zero-order chi connectivity index (χ0) is 15.7. The molecule has 0 aliphatic carbocycles. The molecule has 1 aliphatic heterocycles. The highest BCUT2D eigenvalue weighted by molar-refractivity contribution is 5.66. The topological polar surface area (TPSA) is 36.1 Å². The molecule has 1 saturated heterocycles. The maximum absolute atomic E-state index is 11.9. The standard InChI is InChI=1S/C19H24N2O/c1-4-15-12-13(2)19(22)20-18(15)16-7-9-17(10-8-16)21-11-5-6-14(21)3/h7-10,12,14H,4-6,11H2,1-3H3,(H,20,22). The monoisotopic (exact) mass is 296 g/mol. The molecule has 0 radical (unpaired) electrons. The van der Waals surface area contributed by atoms with E-state index in [1.165, 1.54) is 24.1 Å². The van der Waals surface area contributed by atoms with Gasteiger partial charge in [0.2, 0.25) is 0 Å². The van der Waals surface area contributed by atoms with E-state index < -0.39 is 0 Å². The van der Waals surface area contributed by atoms with E-state index in [0.717, 1.165) is 29.8 Å². The lowest BCUT2D eigenvalue weighted by molar-refractivity contribution is 0.735. The van der Waals surface area contributed by atoms with Crippen LogP contribution in [0.3, 0.4) is 0 Å². The number of aryl methyl sites for hydroxylation is 2. The molecule has 1 unspecified atom stereocenters. The summed E-state index contributed by atoms with van der Waals surface area (Å²) in [5.41, 5.74) is 5.30. The first-order chi connectivity index (χ1) is 10.6. The number of rotatable bonds is 3. The van der Waals surface area contributed by atoms with E-state index in [2.05, 4.69) is 48.0 Å². The van der Waals surface area contributed by atoms with Crippen LogP contribution in [0.2, 0.25) is 0 Å². The van der Waals surface area contributed by atoms with Crippen molar-refractivity contribution in [2.24, 2.45) is 0 Å². The van der Waals surface area contributed by atoms with Gasteiger partial charge in [-0.2, -0.15) is 0 Å². The van der Waals surface area contributed by atoms with Gasteiger partial charge in [0.1, 0.15) is 0 Å². The first-order valence-corrected chi connectivity index (χ1v) is 8.20. The Morgan fingerprint density at radius 3 is 2.59 bits per heavy atom. The molecule has 3 nitrogen and oxygen atoms in total. The van der Waals surface area contributed by atoms with Crippen molar-refractivity contribution in [2.75, 3.05) is 11.4 Å². The summed E-state index contributed by atoms with van der Waals surface area (Å²) in [4.78, 5) is 17.4. The molecule has 2 heterocycles. The summed E-state index contributed by atoms with van der Waals surface area (Å²) < 4.78 is 0. The van der Waals surface area contributed by atoms with Crippen LogP contribution in [-0.4, -0.2) is 17.6 Å². The summed E-state index contributed by atoms with van der Waals surface area (Å²) in [6.45, 7) is 7.41. The number of hydrogen-bond donors (Lipinski definition) is 1. The minimum absolute atomic E-state index is 0.00411. The Labute approximate surface area is 132 Å². The number of nitrogens with zero attached hydrogens (tertiary/aromatic N) is 1. The molecule has 116 valence electrons. The van der Waals surface area contributed by atoms with Crippen molar-refractivity contribution in [1.29, 1.82) is 0 Å². The van der Waals surface area contributed by atoms with Crippen molar-refractivity contribution in [3.63, 3.8) is 0 Å². The second kappa shape index (κ2) is 5.99. The third kappa shape index (κ3) is 2.68. The SMILES string of the molecule is CCc1cc(C)c(=O)[nH]c1-c1ccc(N2CCCC2C)cc1. The van der Waals surface area contributed by atoms with E-state index in [1.54, 1.807) is 0 Å². The van der Waals surface area contributed by atoms with Crippen LogP contribution in [-0.2, 0) is 6.42 Å². The Kier molecular flexibility index (Phi) is 4.06. The maximum Gasteiger partial charge on any atom is 0.251 e. The second-order valence-corrected chi connectivity index (χ2v) is 6.27. The first kappa shape index (κ1) is 14.9. The number of H-pyrrole nitrogens is 1. The Hall–Kier alpha value is -2.03. The lowest BCUT2D eigenvalue weighted by Crippen LogP contribution is -2.25. The molecule has 0 bridgehead atoms. The summed E-state index contributed by atoms with van der Waals surface area (Å²) in [6.07, 6.45) is 3.46. The number of aromatic amines is 1. The van der Waals surface area contributed by atoms with E-state index in [1.807, 2.05) is 13.0 Å². The smallest absolute Gasteiger partial charge is 0.251 e. The van der Waals surface area contributed by atoms with Crippen LogP contribution in [0.5, 0.6) is 0 Å². The van der Waals surface area contributed by atoms with Gasteiger partial charge < -0.3 is 9.88 Å². The fourth-order valence-corrected chi connectivity index (χ4v) is 3.36. The molecular weight excluding hydrogens is 272 g/mol. The van der Waals surface area contributed by atoms with Gasteiger partial charge in [0, 0.05) is 23.8 Å². The van der Waals surface area contributed by atoms with E-state index in [4.69, 9.17) is 0 Å². The average molecular weight is 296 g/mol. The number of benzene rings is 1. The molecule has 0 amide bonds. The van der Waals surface area contributed by atoms with Gasteiger partial charge in [0.25, 0.3) is 5.56 Å². The molecule has 1 atom stereocenters. The Bertz CT molecular complexity index is 715. The molecule has 2 aromatic rings. The summed E-state index contributed by atoms with van der Waals surface area (Å²) in [6, 6.07) is 11.2. The molecule has 1 aliphatic rings. The molecule has 1 N–H and O–H groups in total. The van der Waals surface area contributed by atoms with Gasteiger partial charge >= 0.3 is 0 Å². The van der Waals surface area contributed by atoms with Gasteiger partial charge in [0.15, 0.2) is 0 Å². The highest BCUT2D eigenvalue weighted by atomic mass is 16.1. The van der Waals surface area contributed by atoms with E-state index in [9.17, 15) is 4.79 Å². The van der Waals surface area contributed by atoms with Crippen molar-refractivity contribution in [1.82, 2.24) is 4.98 Å². The lowest BCUT2D eigenvalue weighted by Gasteiger charge is -2.24. The zero-order valence-electron chi connectivity index (χ0n) is 13.6. The third-order valence-electron chi connectivity index (χ3n) is 4.73. The number of hydrogen-bond acceptors (Lipinski definition) is 2. The van der Waals surface area contributed by atoms with Crippen molar-refractivity contribution >= 4 is 5.69 Å². The van der Waals surface area contributed by atoms with Gasteiger partial charge in [0.05, 0.1) is 5.69 Å². The van der Waals surface area contributed by atoms with Gasteiger partial charge in [-0.15, -0.1) is 0 Å². The highest BCUT2D eigenvalue weighted by Crippen LogP contribution is 2.28. The van der Waals surface area contributed by atoms with Gasteiger partial charge in [-0.3, -0.25) is 4.79 Å². The molecule has 3 rings (SSSR count). The third-order valence-corrected chi connectivity index (χ3v) is 4.73. The van der Waals surface area contributed by atoms with Crippen LogP contribution in [0.15, 0.2) is 35.1 Å². The lowest BCUT2D eigenvalue weighted by atomic mass is 10.0. The number of nitrogens with one attached hydrogen (secondary N) is 1. The predicted molar refractivity (Wildman–Crippen MR) is 92.7 cm³/mol. The second-order valence-electron chi connectivity index (χ2n) is 6.27. The summed E-state index contributed by atoms with van der Waals surface area (Å²) in [7, 11) is 0. The summed E-state index contributed by atoms with van der Waals surface area (Å²) >= 11 is 0. The highest BCUT2D eigenvalue weighted by Gasteiger charge is 2.20. The van der Waals surface area contributed by atoms with Gasteiger partial charge in [-0.05, 0) is 62.4 Å². The van der Waals surface area contributed by atoms with E-state index in [0.29, 0.717) is 6.04 Å². The molecule has 1 fully saturated rings. The predicted octanol–water partition coefficient (Wildman–Crippen LogP) is 3.90. The Morgan fingerprint density at radius 2 is 2.00 bits per heavy atom. The largest absolute Gasteiger partial charge is 0.369 e. The fourth-order valence-electron chi connectivity index (χ4n) is 3.36. The minimum atomic E-state index is 0.00411. The zero-order valence-corrected chi connectivity index (χ0v) is 13.6. The van der Waals surface area contributed by atoms with Crippen molar-refractivity contribution < 1.29 is 0 Å². The maximum atomic E-state index is 11.9. The molecule has 22 heavy (non-hydrogen) atoms. The minimum Gasteiger partial charge on any atom is -0.369 e. The van der Waals surface area contributed by atoms with Crippen molar-refractivity contribution in [3.8, 4) is 11.3 Å². The molecule has 0 spiro atoms. The quantitative estimate of drug-likeness (QED) is 0.932. The van der Waals surface area contributed by atoms with Crippen LogP contribution < -0.4 is 10.5 Å². The Morgan fingerprint density at radius 1 is 1.27 bits per heavy atom. The molecule has 0 saturated carbocycles. The molecule has 1 aromatic heterocycles. The van der Waals surface area contributed by atoms with Gasteiger partial charge in [-0.25, -0.2) is 0 Å². The number of pyridine rings is 1. The fraction of sp³-hybridized carbons (Fsp3) is 0.421. The Balaban J connectivity index is 1.96. The van der Waals surface area contributed by atoms with Crippen LogP contribution in [0, 0.1) is 6.92 Å². The summed E-state index contributed by atoms with van der Waals surface area (Å²) in [5, 5.41) is 0. The normalized spacial score (nSPS) is 18.0. The molecule has 1 aromatic carbocycles. The van der Waals surface area contributed by atoms with Crippen LogP contribution in [0.25, 0.3) is 11.3 Å². The average Bonchev–Trinajstić information content (AvgIpc) is 2.96. The van der Waals surface area contributed by atoms with Crippen molar-refractivity contribution in [3.05, 3.63) is 51.8 Å². The van der Waals surface area contributed by atoms with Gasteiger partial charge in [-0.1, -0.05) is 19.1 Å². The molecular formula is C19H24N2O. The van der Waals surface area contributed by atoms with E-state index in [-0.39, 0.29) is 5.56 Å². The van der Waals surface area contributed by atoms with E-state index >= 15 is 0 Å². The van der Waals surface area contributed by atoms with Crippen molar-refractivity contribution in [2.45, 2.75) is 46.1 Å². The van der Waals surface area contributed by atoms with Crippen LogP contribution >= 0.6 is 0 Å². The number of aromatic nitrogens is 1. The molecule has 3 heteroatoms. The first-order valence-electron chi connectivity index (χ1n) is 8.20. The summed E-state index contributed by atoms with van der Waals surface area (Å²) in [5.74, 6) is 0. The van der Waals surface area contributed by atoms with Crippen LogP contribution in [0.4, 0.5) is 5.69 Å².